The Morgan fingerprint density at radius 3 is 2.19 bits per heavy atom. The van der Waals surface area contributed by atoms with Gasteiger partial charge >= 0.3 is 5.97 Å². The maximum atomic E-state index is 11.9. The van der Waals surface area contributed by atoms with Gasteiger partial charge in [-0.1, -0.05) is 17.7 Å². The minimum atomic E-state index is -0.395. The summed E-state index contributed by atoms with van der Waals surface area (Å²) in [5.74, 6) is 1.87. The van der Waals surface area contributed by atoms with Crippen molar-refractivity contribution >= 4 is 23.8 Å². The standard InChI is InChI=1S/C21H24O5S/c1-15-5-8-17(9-6-15)27-12-11-26-20(22)10-7-16-13-18(23-2)21(25-4)19(14-16)24-3/h5-10,13-14H,11-12H2,1-4H3/b10-7+. The predicted molar refractivity (Wildman–Crippen MR) is 108 cm³/mol. The molecule has 0 spiro atoms. The maximum Gasteiger partial charge on any atom is 0.330 e. The van der Waals surface area contributed by atoms with Gasteiger partial charge in [0.1, 0.15) is 6.61 Å². The molecule has 0 fully saturated rings. The van der Waals surface area contributed by atoms with Crippen molar-refractivity contribution in [2.24, 2.45) is 0 Å². The average Bonchev–Trinajstić information content (AvgIpc) is 2.70. The fourth-order valence-electron chi connectivity index (χ4n) is 2.35. The van der Waals surface area contributed by atoms with E-state index < -0.39 is 5.97 Å². The Balaban J connectivity index is 1.87. The number of hydrogen-bond donors (Lipinski definition) is 0. The van der Waals surface area contributed by atoms with Crippen LogP contribution in [0.4, 0.5) is 0 Å². The summed E-state index contributed by atoms with van der Waals surface area (Å²) in [6.07, 6.45) is 3.04. The van der Waals surface area contributed by atoms with E-state index in [-0.39, 0.29) is 0 Å². The van der Waals surface area contributed by atoms with E-state index in [4.69, 9.17) is 18.9 Å². The quantitative estimate of drug-likeness (QED) is 0.275. The first kappa shape index (κ1) is 20.7. The van der Waals surface area contributed by atoms with Gasteiger partial charge in [0.15, 0.2) is 11.5 Å². The van der Waals surface area contributed by atoms with Crippen molar-refractivity contribution in [2.45, 2.75) is 11.8 Å². The van der Waals surface area contributed by atoms with Crippen LogP contribution in [0.3, 0.4) is 0 Å². The summed E-state index contributed by atoms with van der Waals surface area (Å²) >= 11 is 1.65. The summed E-state index contributed by atoms with van der Waals surface area (Å²) in [6.45, 7) is 2.40. The molecular weight excluding hydrogens is 364 g/mol. The number of ether oxygens (including phenoxy) is 4. The van der Waals surface area contributed by atoms with Gasteiger partial charge in [-0.25, -0.2) is 4.79 Å². The van der Waals surface area contributed by atoms with Gasteiger partial charge in [-0.15, -0.1) is 11.8 Å². The number of benzene rings is 2. The molecule has 27 heavy (non-hydrogen) atoms. The number of methoxy groups -OCH3 is 3. The summed E-state index contributed by atoms with van der Waals surface area (Å²) in [4.78, 5) is 13.1. The molecule has 0 aromatic heterocycles. The van der Waals surface area contributed by atoms with Crippen LogP contribution in [0, 0.1) is 6.92 Å². The van der Waals surface area contributed by atoms with Gasteiger partial charge in [-0.3, -0.25) is 0 Å². The third-order valence-electron chi connectivity index (χ3n) is 3.72. The topological polar surface area (TPSA) is 54.0 Å². The van der Waals surface area contributed by atoms with Gasteiger partial charge in [0.05, 0.1) is 21.3 Å². The third-order valence-corrected chi connectivity index (χ3v) is 4.69. The van der Waals surface area contributed by atoms with E-state index in [1.165, 1.54) is 11.6 Å². The van der Waals surface area contributed by atoms with E-state index in [0.717, 1.165) is 10.5 Å². The Hall–Kier alpha value is -2.60. The third kappa shape index (κ3) is 6.25. The number of rotatable bonds is 9. The highest BCUT2D eigenvalue weighted by atomic mass is 32.2. The Labute approximate surface area is 164 Å². The van der Waals surface area contributed by atoms with Crippen molar-refractivity contribution in [2.75, 3.05) is 33.7 Å². The summed E-state index contributed by atoms with van der Waals surface area (Å²) in [5.41, 5.74) is 1.97. The molecule has 0 aliphatic carbocycles. The molecule has 2 aromatic carbocycles. The maximum absolute atomic E-state index is 11.9. The van der Waals surface area contributed by atoms with Gasteiger partial charge in [-0.2, -0.15) is 0 Å². The SMILES string of the molecule is COc1cc(/C=C/C(=O)OCCSc2ccc(C)cc2)cc(OC)c1OC. The number of hydrogen-bond acceptors (Lipinski definition) is 6. The van der Waals surface area contributed by atoms with Crippen LogP contribution in [-0.2, 0) is 9.53 Å². The molecule has 0 heterocycles. The van der Waals surface area contributed by atoms with Crippen LogP contribution >= 0.6 is 11.8 Å². The molecule has 5 nitrogen and oxygen atoms in total. The van der Waals surface area contributed by atoms with Crippen LogP contribution in [0.1, 0.15) is 11.1 Å². The lowest BCUT2D eigenvalue weighted by Crippen LogP contribution is -2.04. The van der Waals surface area contributed by atoms with Crippen LogP contribution in [0.15, 0.2) is 47.4 Å². The largest absolute Gasteiger partial charge is 0.493 e. The molecule has 0 saturated carbocycles. The lowest BCUT2D eigenvalue weighted by atomic mass is 10.1. The average molecular weight is 388 g/mol. The molecule has 0 bridgehead atoms. The number of thioether (sulfide) groups is 1. The van der Waals surface area contributed by atoms with E-state index in [9.17, 15) is 4.79 Å². The zero-order valence-corrected chi connectivity index (χ0v) is 16.8. The monoisotopic (exact) mass is 388 g/mol. The second-order valence-corrected chi connectivity index (χ2v) is 6.79. The van der Waals surface area contributed by atoms with Gasteiger partial charge in [0.2, 0.25) is 5.75 Å². The highest BCUT2D eigenvalue weighted by molar-refractivity contribution is 7.99. The van der Waals surface area contributed by atoms with E-state index >= 15 is 0 Å². The van der Waals surface area contributed by atoms with Crippen molar-refractivity contribution in [3.8, 4) is 17.2 Å². The van der Waals surface area contributed by atoms with Crippen molar-refractivity contribution < 1.29 is 23.7 Å². The van der Waals surface area contributed by atoms with Crippen LogP contribution in [0.25, 0.3) is 6.08 Å². The van der Waals surface area contributed by atoms with Crippen LogP contribution in [0.2, 0.25) is 0 Å². The summed E-state index contributed by atoms with van der Waals surface area (Å²) in [7, 11) is 4.64. The Bertz CT molecular complexity index is 759. The van der Waals surface area contributed by atoms with Crippen molar-refractivity contribution in [3.05, 3.63) is 53.6 Å². The van der Waals surface area contributed by atoms with Crippen LogP contribution < -0.4 is 14.2 Å². The molecule has 0 N–H and O–H groups in total. The molecule has 0 aliphatic rings. The number of esters is 1. The molecule has 0 aliphatic heterocycles. The summed E-state index contributed by atoms with van der Waals surface area (Å²) in [6, 6.07) is 11.8. The van der Waals surface area contributed by atoms with Crippen molar-refractivity contribution in [1.29, 1.82) is 0 Å². The lowest BCUT2D eigenvalue weighted by Gasteiger charge is -2.12. The molecule has 0 unspecified atom stereocenters. The molecule has 0 radical (unpaired) electrons. The van der Waals surface area contributed by atoms with Crippen LogP contribution in [-0.4, -0.2) is 39.7 Å². The normalized spacial score (nSPS) is 10.7. The van der Waals surface area contributed by atoms with E-state index in [2.05, 4.69) is 31.2 Å². The first-order chi connectivity index (χ1) is 13.1. The number of carbonyl (C=O) groups excluding carboxylic acids is 1. The molecule has 0 atom stereocenters. The fourth-order valence-corrected chi connectivity index (χ4v) is 3.08. The number of carbonyl (C=O) groups is 1. The summed E-state index contributed by atoms with van der Waals surface area (Å²) < 4.78 is 21.1. The van der Waals surface area contributed by atoms with E-state index in [0.29, 0.717) is 29.6 Å². The number of aryl methyl sites for hydroxylation is 1. The van der Waals surface area contributed by atoms with E-state index in [1.54, 1.807) is 51.3 Å². The molecule has 0 saturated heterocycles. The van der Waals surface area contributed by atoms with E-state index in [1.807, 2.05) is 0 Å². The van der Waals surface area contributed by atoms with Gasteiger partial charge in [0, 0.05) is 16.7 Å². The minimum Gasteiger partial charge on any atom is -0.493 e. The second-order valence-electron chi connectivity index (χ2n) is 5.62. The Morgan fingerprint density at radius 1 is 1.00 bits per heavy atom. The van der Waals surface area contributed by atoms with Gasteiger partial charge in [-0.05, 0) is 42.8 Å². The van der Waals surface area contributed by atoms with Crippen LogP contribution in [0.5, 0.6) is 17.2 Å². The summed E-state index contributed by atoms with van der Waals surface area (Å²) in [5, 5.41) is 0. The molecule has 2 aromatic rings. The fraction of sp³-hybridized carbons (Fsp3) is 0.286. The molecule has 144 valence electrons. The Morgan fingerprint density at radius 2 is 1.63 bits per heavy atom. The zero-order chi connectivity index (χ0) is 19.6. The highest BCUT2D eigenvalue weighted by Gasteiger charge is 2.12. The molecule has 2 rings (SSSR count). The van der Waals surface area contributed by atoms with Gasteiger partial charge in [0.25, 0.3) is 0 Å². The first-order valence-electron chi connectivity index (χ1n) is 8.41. The molecule has 6 heteroatoms. The zero-order valence-electron chi connectivity index (χ0n) is 16.0. The molecule has 0 amide bonds. The Kier molecular flexibility index (Phi) is 8.07. The predicted octanol–water partition coefficient (Wildman–Crippen LogP) is 4.37. The van der Waals surface area contributed by atoms with Gasteiger partial charge < -0.3 is 18.9 Å². The second kappa shape index (κ2) is 10.5. The molecular formula is C21H24O5S. The first-order valence-corrected chi connectivity index (χ1v) is 9.40. The highest BCUT2D eigenvalue weighted by Crippen LogP contribution is 2.38. The minimum absolute atomic E-state index is 0.344. The smallest absolute Gasteiger partial charge is 0.330 e. The lowest BCUT2D eigenvalue weighted by molar-refractivity contribution is -0.137. The van der Waals surface area contributed by atoms with Crippen molar-refractivity contribution in [1.82, 2.24) is 0 Å². The van der Waals surface area contributed by atoms with Crippen molar-refractivity contribution in [3.63, 3.8) is 0 Å².